The molecule has 0 spiro atoms. The van der Waals surface area contributed by atoms with Crippen molar-refractivity contribution in [1.82, 2.24) is 9.97 Å². The first kappa shape index (κ1) is 12.1. The number of allylic oxidation sites excluding steroid dienone is 2. The minimum Gasteiger partial charge on any atom is -0.483 e. The molecule has 0 fully saturated rings. The summed E-state index contributed by atoms with van der Waals surface area (Å²) in [4.78, 5) is 8.61. The summed E-state index contributed by atoms with van der Waals surface area (Å²) >= 11 is 0. The topological polar surface area (TPSA) is 35.0 Å². The molecule has 102 valence electrons. The molecule has 21 heavy (non-hydrogen) atoms. The van der Waals surface area contributed by atoms with Gasteiger partial charge >= 0.3 is 0 Å². The number of hydrogen-bond acceptors (Lipinski definition) is 3. The standard InChI is InChI=1S/C18H14N2O/c1-2-6-16-14(4-1)12-17(21-16)18-15(5-3-9-20-18)13-7-10-19-11-8-13/h1-12,14,16H. The summed E-state index contributed by atoms with van der Waals surface area (Å²) in [5, 5.41) is 0. The average molecular weight is 274 g/mol. The van der Waals surface area contributed by atoms with Crippen molar-refractivity contribution in [2.45, 2.75) is 6.10 Å². The Kier molecular flexibility index (Phi) is 2.89. The van der Waals surface area contributed by atoms with Crippen molar-refractivity contribution < 1.29 is 4.74 Å². The Labute approximate surface area is 123 Å². The van der Waals surface area contributed by atoms with Crippen LogP contribution in [0.5, 0.6) is 0 Å². The Morgan fingerprint density at radius 1 is 0.952 bits per heavy atom. The summed E-state index contributed by atoms with van der Waals surface area (Å²) < 4.78 is 6.06. The van der Waals surface area contributed by atoms with E-state index in [0.717, 1.165) is 22.6 Å². The second-order valence-corrected chi connectivity index (χ2v) is 5.10. The van der Waals surface area contributed by atoms with Gasteiger partial charge in [-0.25, -0.2) is 0 Å². The molecule has 2 aromatic rings. The largest absolute Gasteiger partial charge is 0.483 e. The van der Waals surface area contributed by atoms with E-state index in [1.54, 1.807) is 18.6 Å². The number of ether oxygens (including phenoxy) is 1. The molecule has 1 aliphatic heterocycles. The molecule has 0 aromatic carbocycles. The van der Waals surface area contributed by atoms with E-state index in [0.29, 0.717) is 5.92 Å². The lowest BCUT2D eigenvalue weighted by molar-refractivity contribution is 0.212. The molecule has 2 unspecified atom stereocenters. The molecule has 3 heteroatoms. The number of hydrogen-bond donors (Lipinski definition) is 0. The third-order valence-corrected chi connectivity index (χ3v) is 3.76. The van der Waals surface area contributed by atoms with Crippen LogP contribution in [-0.4, -0.2) is 16.1 Å². The maximum atomic E-state index is 6.06. The fraction of sp³-hybridized carbons (Fsp3) is 0.111. The van der Waals surface area contributed by atoms with Gasteiger partial charge < -0.3 is 4.74 Å². The predicted molar refractivity (Wildman–Crippen MR) is 82.1 cm³/mol. The second kappa shape index (κ2) is 5.02. The molecule has 3 nitrogen and oxygen atoms in total. The normalized spacial score (nSPS) is 22.6. The van der Waals surface area contributed by atoms with Gasteiger partial charge in [0.15, 0.2) is 0 Å². The van der Waals surface area contributed by atoms with Crippen LogP contribution in [-0.2, 0) is 4.74 Å². The zero-order chi connectivity index (χ0) is 14.1. The van der Waals surface area contributed by atoms with Crippen LogP contribution in [0.4, 0.5) is 0 Å². The molecule has 2 atom stereocenters. The zero-order valence-electron chi connectivity index (χ0n) is 11.4. The third kappa shape index (κ3) is 2.17. The lowest BCUT2D eigenvalue weighted by atomic mass is 9.98. The molecule has 0 saturated carbocycles. The Morgan fingerprint density at radius 3 is 2.67 bits per heavy atom. The Hall–Kier alpha value is -2.68. The SMILES string of the molecule is C1=CC2C=C(c3ncccc3-c3ccncc3)OC2C=C1. The number of aromatic nitrogens is 2. The highest BCUT2D eigenvalue weighted by molar-refractivity contribution is 5.77. The maximum absolute atomic E-state index is 6.06. The third-order valence-electron chi connectivity index (χ3n) is 3.76. The van der Waals surface area contributed by atoms with Gasteiger partial charge in [0, 0.05) is 30.1 Å². The first-order valence-corrected chi connectivity index (χ1v) is 7.01. The van der Waals surface area contributed by atoms with Crippen molar-refractivity contribution in [2.24, 2.45) is 5.92 Å². The van der Waals surface area contributed by atoms with Crippen molar-refractivity contribution in [1.29, 1.82) is 0 Å². The molecular weight excluding hydrogens is 260 g/mol. The van der Waals surface area contributed by atoms with Gasteiger partial charge in [0.2, 0.25) is 0 Å². The van der Waals surface area contributed by atoms with E-state index in [2.05, 4.69) is 40.3 Å². The lowest BCUT2D eigenvalue weighted by Gasteiger charge is -2.15. The summed E-state index contributed by atoms with van der Waals surface area (Å²) in [7, 11) is 0. The molecule has 0 radical (unpaired) electrons. The molecule has 0 amide bonds. The molecule has 2 aliphatic rings. The van der Waals surface area contributed by atoms with Crippen LogP contribution in [0.1, 0.15) is 5.69 Å². The Balaban J connectivity index is 1.77. The highest BCUT2D eigenvalue weighted by atomic mass is 16.5. The predicted octanol–water partition coefficient (Wildman–Crippen LogP) is 3.63. The monoisotopic (exact) mass is 274 g/mol. The van der Waals surface area contributed by atoms with E-state index in [9.17, 15) is 0 Å². The molecule has 3 heterocycles. The number of rotatable bonds is 2. The number of nitrogens with zero attached hydrogens (tertiary/aromatic N) is 2. The zero-order valence-corrected chi connectivity index (χ0v) is 11.4. The van der Waals surface area contributed by atoms with Crippen LogP contribution < -0.4 is 0 Å². The van der Waals surface area contributed by atoms with E-state index in [1.165, 1.54) is 0 Å². The van der Waals surface area contributed by atoms with Gasteiger partial charge in [-0.05, 0) is 35.9 Å². The summed E-state index contributed by atoms with van der Waals surface area (Å²) in [5.74, 6) is 1.16. The number of fused-ring (bicyclic) bond motifs is 1. The van der Waals surface area contributed by atoms with Crippen molar-refractivity contribution in [3.8, 4) is 11.1 Å². The van der Waals surface area contributed by atoms with E-state index in [-0.39, 0.29) is 6.10 Å². The van der Waals surface area contributed by atoms with Gasteiger partial charge in [0.25, 0.3) is 0 Å². The molecule has 4 rings (SSSR count). The van der Waals surface area contributed by atoms with E-state index in [1.807, 2.05) is 24.3 Å². The van der Waals surface area contributed by atoms with Crippen molar-refractivity contribution >= 4 is 5.76 Å². The van der Waals surface area contributed by atoms with Crippen LogP contribution in [0.15, 0.2) is 73.2 Å². The van der Waals surface area contributed by atoms with Crippen molar-refractivity contribution in [2.75, 3.05) is 0 Å². The Morgan fingerprint density at radius 2 is 1.81 bits per heavy atom. The molecule has 0 bridgehead atoms. The minimum absolute atomic E-state index is 0.0947. The number of pyridine rings is 2. The van der Waals surface area contributed by atoms with Gasteiger partial charge in [0.05, 0.1) is 0 Å². The summed E-state index contributed by atoms with van der Waals surface area (Å²) in [6, 6.07) is 7.99. The van der Waals surface area contributed by atoms with Crippen LogP contribution in [0, 0.1) is 5.92 Å². The smallest absolute Gasteiger partial charge is 0.143 e. The summed E-state index contributed by atoms with van der Waals surface area (Å²) in [5.41, 5.74) is 3.05. The van der Waals surface area contributed by atoms with Crippen LogP contribution >= 0.6 is 0 Å². The van der Waals surface area contributed by atoms with E-state index < -0.39 is 0 Å². The fourth-order valence-electron chi connectivity index (χ4n) is 2.73. The van der Waals surface area contributed by atoms with Crippen LogP contribution in [0.2, 0.25) is 0 Å². The van der Waals surface area contributed by atoms with Gasteiger partial charge in [-0.3, -0.25) is 9.97 Å². The van der Waals surface area contributed by atoms with Crippen LogP contribution in [0.25, 0.3) is 16.9 Å². The highest BCUT2D eigenvalue weighted by Crippen LogP contribution is 2.36. The molecular formula is C18H14N2O. The first-order chi connectivity index (χ1) is 10.4. The minimum atomic E-state index is 0.0947. The molecule has 0 saturated heterocycles. The second-order valence-electron chi connectivity index (χ2n) is 5.10. The van der Waals surface area contributed by atoms with Gasteiger partial charge in [-0.2, -0.15) is 0 Å². The first-order valence-electron chi connectivity index (χ1n) is 7.01. The molecule has 0 N–H and O–H groups in total. The molecule has 2 aromatic heterocycles. The van der Waals surface area contributed by atoms with Gasteiger partial charge in [-0.1, -0.05) is 24.3 Å². The van der Waals surface area contributed by atoms with Crippen LogP contribution in [0.3, 0.4) is 0 Å². The summed E-state index contributed by atoms with van der Waals surface area (Å²) in [6.45, 7) is 0. The van der Waals surface area contributed by atoms with E-state index >= 15 is 0 Å². The maximum Gasteiger partial charge on any atom is 0.143 e. The Bertz CT molecular complexity index is 747. The quantitative estimate of drug-likeness (QED) is 0.839. The van der Waals surface area contributed by atoms with Crippen molar-refractivity contribution in [3.05, 3.63) is 78.9 Å². The summed E-state index contributed by atoms with van der Waals surface area (Å²) in [6.07, 6.45) is 16.0. The van der Waals surface area contributed by atoms with Crippen molar-refractivity contribution in [3.63, 3.8) is 0 Å². The average Bonchev–Trinajstić information content (AvgIpc) is 2.99. The van der Waals surface area contributed by atoms with Gasteiger partial charge in [0.1, 0.15) is 17.6 Å². The lowest BCUT2D eigenvalue weighted by Crippen LogP contribution is -2.13. The molecule has 1 aliphatic carbocycles. The van der Waals surface area contributed by atoms with E-state index in [4.69, 9.17) is 4.74 Å². The van der Waals surface area contributed by atoms with Gasteiger partial charge in [-0.15, -0.1) is 0 Å². The fourth-order valence-corrected chi connectivity index (χ4v) is 2.73. The highest BCUT2D eigenvalue weighted by Gasteiger charge is 2.28.